The Kier molecular flexibility index (Phi) is 3.92. The molecule has 0 aliphatic rings. The summed E-state index contributed by atoms with van der Waals surface area (Å²) in [5, 5.41) is 9.05. The minimum Gasteiger partial charge on any atom is -0.478 e. The lowest BCUT2D eigenvalue weighted by Gasteiger charge is -2.00. The van der Waals surface area contributed by atoms with Crippen molar-refractivity contribution in [1.29, 1.82) is 0 Å². The molecule has 0 aliphatic carbocycles. The van der Waals surface area contributed by atoms with Gasteiger partial charge in [0, 0.05) is 5.92 Å². The molecule has 0 unspecified atom stereocenters. The molecule has 16 heavy (non-hydrogen) atoms. The number of carboxylic acid groups (broad SMARTS) is 1. The van der Waals surface area contributed by atoms with Gasteiger partial charge in [0.05, 0.1) is 23.3 Å². The highest BCUT2D eigenvalue weighted by atomic mass is 35.5. The Balaban J connectivity index is 3.24. The highest BCUT2D eigenvalue weighted by Crippen LogP contribution is 2.18. The molecule has 1 aromatic rings. The third-order valence-electron chi connectivity index (χ3n) is 1.72. The van der Waals surface area contributed by atoms with Gasteiger partial charge in [-0.2, -0.15) is 0 Å². The van der Waals surface area contributed by atoms with Gasteiger partial charge in [-0.15, -0.1) is 0 Å². The van der Waals surface area contributed by atoms with Crippen molar-refractivity contribution >= 4 is 23.5 Å². The van der Waals surface area contributed by atoms with Crippen LogP contribution in [0.2, 0.25) is 5.02 Å². The molecule has 1 N–H and O–H groups in total. The second kappa shape index (κ2) is 5.19. The number of hydrogen-bond acceptors (Lipinski definition) is 3. The van der Waals surface area contributed by atoms with E-state index in [1.54, 1.807) is 0 Å². The van der Waals surface area contributed by atoms with Gasteiger partial charge in [0.1, 0.15) is 0 Å². The van der Waals surface area contributed by atoms with E-state index >= 15 is 0 Å². The molecule has 0 heterocycles. The summed E-state index contributed by atoms with van der Waals surface area (Å²) >= 11 is 5.78. The minimum atomic E-state index is -1.16. The second-order valence-corrected chi connectivity index (χ2v) is 3.12. The molecule has 5 heteroatoms. The number of esters is 1. The number of rotatable bonds is 1. The van der Waals surface area contributed by atoms with Crippen molar-refractivity contribution in [2.45, 2.75) is 0 Å². The Morgan fingerprint density at radius 2 is 2.12 bits per heavy atom. The minimum absolute atomic E-state index is 0.0519. The largest absolute Gasteiger partial charge is 0.478 e. The Morgan fingerprint density at radius 1 is 1.44 bits per heavy atom. The zero-order valence-corrected chi connectivity index (χ0v) is 9.04. The van der Waals surface area contributed by atoms with Crippen molar-refractivity contribution in [3.05, 3.63) is 34.3 Å². The number of aromatic carboxylic acids is 1. The summed E-state index contributed by atoms with van der Waals surface area (Å²) in [6, 6.07) is 4.35. The number of benzene rings is 1. The first-order chi connectivity index (χ1) is 7.56. The number of carboxylic acids is 1. The molecule has 0 spiro atoms. The van der Waals surface area contributed by atoms with E-state index in [1.807, 2.05) is 0 Å². The molecule has 0 aliphatic heterocycles. The summed E-state index contributed by atoms with van der Waals surface area (Å²) in [5.41, 5.74) is 0.0472. The van der Waals surface area contributed by atoms with Gasteiger partial charge in [-0.05, 0) is 12.1 Å². The lowest BCUT2D eigenvalue weighted by atomic mass is 10.1. The van der Waals surface area contributed by atoms with E-state index in [2.05, 4.69) is 16.6 Å². The van der Waals surface area contributed by atoms with Crippen LogP contribution in [-0.4, -0.2) is 24.2 Å². The van der Waals surface area contributed by atoms with E-state index in [9.17, 15) is 9.59 Å². The molecule has 82 valence electrons. The molecule has 0 fully saturated rings. The van der Waals surface area contributed by atoms with Crippen LogP contribution < -0.4 is 0 Å². The van der Waals surface area contributed by atoms with Gasteiger partial charge in [0.25, 0.3) is 0 Å². The lowest BCUT2D eigenvalue weighted by Crippen LogP contribution is -2.01. The van der Waals surface area contributed by atoms with Crippen LogP contribution in [0.1, 0.15) is 15.9 Å². The van der Waals surface area contributed by atoms with Gasteiger partial charge < -0.3 is 9.84 Å². The maximum Gasteiger partial charge on any atom is 0.384 e. The molecule has 0 saturated carbocycles. The lowest BCUT2D eigenvalue weighted by molar-refractivity contribution is -0.133. The monoisotopic (exact) mass is 238 g/mol. The maximum atomic E-state index is 10.8. The first-order valence-electron chi connectivity index (χ1n) is 4.18. The summed E-state index contributed by atoms with van der Waals surface area (Å²) in [5.74, 6) is 2.59. The van der Waals surface area contributed by atoms with Crippen molar-refractivity contribution in [2.24, 2.45) is 0 Å². The van der Waals surface area contributed by atoms with Crippen molar-refractivity contribution < 1.29 is 19.4 Å². The van der Waals surface area contributed by atoms with Gasteiger partial charge in [0.15, 0.2) is 0 Å². The molecule has 0 bridgehead atoms. The predicted octanol–water partition coefficient (Wildman–Crippen LogP) is 1.56. The molecule has 0 radical (unpaired) electrons. The van der Waals surface area contributed by atoms with Crippen LogP contribution in [0, 0.1) is 11.8 Å². The third-order valence-corrected chi connectivity index (χ3v) is 2.03. The van der Waals surface area contributed by atoms with Crippen molar-refractivity contribution in [3.8, 4) is 11.8 Å². The van der Waals surface area contributed by atoms with E-state index < -0.39 is 11.9 Å². The summed E-state index contributed by atoms with van der Waals surface area (Å²) in [4.78, 5) is 21.6. The fraction of sp³-hybridized carbons (Fsp3) is 0.0909. The topological polar surface area (TPSA) is 63.6 Å². The summed E-state index contributed by atoms with van der Waals surface area (Å²) in [6.07, 6.45) is 0. The summed E-state index contributed by atoms with van der Waals surface area (Å²) in [6.45, 7) is 0. The van der Waals surface area contributed by atoms with E-state index in [-0.39, 0.29) is 16.1 Å². The van der Waals surface area contributed by atoms with E-state index in [0.29, 0.717) is 0 Å². The van der Waals surface area contributed by atoms with Crippen molar-refractivity contribution in [3.63, 3.8) is 0 Å². The van der Waals surface area contributed by atoms with Gasteiger partial charge in [-0.3, -0.25) is 0 Å². The SMILES string of the molecule is COC(=O)C#Cc1c(Cl)cccc1C(=O)O. The number of halogens is 1. The third kappa shape index (κ3) is 2.75. The van der Waals surface area contributed by atoms with Crippen molar-refractivity contribution in [1.82, 2.24) is 0 Å². The van der Waals surface area contributed by atoms with Crippen LogP contribution in [0.3, 0.4) is 0 Å². The zero-order valence-electron chi connectivity index (χ0n) is 8.28. The van der Waals surface area contributed by atoms with Gasteiger partial charge in [0.2, 0.25) is 0 Å². The average molecular weight is 239 g/mol. The highest BCUT2D eigenvalue weighted by molar-refractivity contribution is 6.32. The second-order valence-electron chi connectivity index (χ2n) is 2.71. The van der Waals surface area contributed by atoms with Gasteiger partial charge in [-0.1, -0.05) is 23.6 Å². The number of carbonyl (C=O) groups excluding carboxylic acids is 1. The highest BCUT2D eigenvalue weighted by Gasteiger charge is 2.11. The van der Waals surface area contributed by atoms with Crippen LogP contribution in [0.4, 0.5) is 0 Å². The molecule has 1 rings (SSSR count). The molecule has 0 amide bonds. The van der Waals surface area contributed by atoms with Crippen LogP contribution in [0.25, 0.3) is 0 Å². The summed E-state index contributed by atoms with van der Waals surface area (Å²) in [7, 11) is 1.18. The number of carbonyl (C=O) groups is 2. The maximum absolute atomic E-state index is 10.8. The molecule has 4 nitrogen and oxygen atoms in total. The van der Waals surface area contributed by atoms with Crippen LogP contribution in [-0.2, 0) is 9.53 Å². The Morgan fingerprint density at radius 3 is 2.69 bits per heavy atom. The van der Waals surface area contributed by atoms with Crippen molar-refractivity contribution in [2.75, 3.05) is 7.11 Å². The summed E-state index contributed by atoms with van der Waals surface area (Å²) < 4.78 is 4.31. The Bertz CT molecular complexity index is 496. The molecular formula is C11H7ClO4. The fourth-order valence-electron chi connectivity index (χ4n) is 0.994. The van der Waals surface area contributed by atoms with E-state index in [1.165, 1.54) is 25.3 Å². The Labute approximate surface area is 96.8 Å². The van der Waals surface area contributed by atoms with Crippen LogP contribution >= 0.6 is 11.6 Å². The first-order valence-corrected chi connectivity index (χ1v) is 4.56. The molecule has 1 aromatic carbocycles. The van der Waals surface area contributed by atoms with Gasteiger partial charge in [-0.25, -0.2) is 9.59 Å². The fourth-order valence-corrected chi connectivity index (χ4v) is 1.22. The Hall–Kier alpha value is -1.99. The van der Waals surface area contributed by atoms with Gasteiger partial charge >= 0.3 is 11.9 Å². The van der Waals surface area contributed by atoms with Crippen LogP contribution in [0.5, 0.6) is 0 Å². The molecule has 0 saturated heterocycles. The van der Waals surface area contributed by atoms with Crippen LogP contribution in [0.15, 0.2) is 18.2 Å². The number of methoxy groups -OCH3 is 1. The van der Waals surface area contributed by atoms with E-state index in [4.69, 9.17) is 16.7 Å². The number of ether oxygens (including phenoxy) is 1. The smallest absolute Gasteiger partial charge is 0.384 e. The first kappa shape index (κ1) is 12.1. The molecule has 0 atom stereocenters. The van der Waals surface area contributed by atoms with E-state index in [0.717, 1.165) is 0 Å². The zero-order chi connectivity index (χ0) is 12.1. The predicted molar refractivity (Wildman–Crippen MR) is 57.3 cm³/mol. The normalized spacial score (nSPS) is 8.88. The standard InChI is InChI=1S/C11H7ClO4/c1-16-10(13)6-5-7-8(11(14)15)3-2-4-9(7)12/h2-4H,1H3,(H,14,15). The molecule has 0 aromatic heterocycles. The molecular weight excluding hydrogens is 232 g/mol. The average Bonchev–Trinajstić information content (AvgIpc) is 2.26. The number of hydrogen-bond donors (Lipinski definition) is 1. The quantitative estimate of drug-likeness (QED) is 0.596.